The van der Waals surface area contributed by atoms with Gasteiger partial charge in [0, 0.05) is 38.5 Å². The highest BCUT2D eigenvalue weighted by molar-refractivity contribution is 5.80. The molecule has 6 heteroatoms. The second-order valence-corrected chi connectivity index (χ2v) is 6.43. The summed E-state index contributed by atoms with van der Waals surface area (Å²) < 4.78 is 11.4. The molecule has 1 fully saturated rings. The van der Waals surface area contributed by atoms with Crippen molar-refractivity contribution < 1.29 is 9.26 Å². The van der Waals surface area contributed by atoms with Crippen molar-refractivity contribution in [1.29, 1.82) is 0 Å². The molecule has 1 aliphatic heterocycles. The Balaban J connectivity index is 1.54. The van der Waals surface area contributed by atoms with Gasteiger partial charge in [0.05, 0.1) is 5.69 Å². The van der Waals surface area contributed by atoms with Gasteiger partial charge in [0.25, 0.3) is 0 Å². The molecule has 3 rings (SSSR count). The standard InChI is InChI=1S/C20H28N4O2/c1-3-16-14-19(26-23-16)15-22-20(21-4-2)24-12-10-18(11-13-24)25-17-8-6-5-7-9-17/h5-9,14,18H,3-4,10-13,15H2,1-2H3,(H,21,22). The summed E-state index contributed by atoms with van der Waals surface area (Å²) in [6.07, 6.45) is 3.11. The fraction of sp³-hybridized carbons (Fsp3) is 0.500. The molecule has 1 aliphatic rings. The molecule has 140 valence electrons. The molecule has 1 aromatic carbocycles. The summed E-state index contributed by atoms with van der Waals surface area (Å²) in [6, 6.07) is 12.0. The first kappa shape index (κ1) is 18.3. The first-order valence-corrected chi connectivity index (χ1v) is 9.48. The van der Waals surface area contributed by atoms with Crippen molar-refractivity contribution in [3.8, 4) is 5.75 Å². The molecule has 0 saturated carbocycles. The summed E-state index contributed by atoms with van der Waals surface area (Å²) in [7, 11) is 0. The Morgan fingerprint density at radius 2 is 2.04 bits per heavy atom. The average molecular weight is 356 g/mol. The van der Waals surface area contributed by atoms with E-state index in [4.69, 9.17) is 14.3 Å². The lowest BCUT2D eigenvalue weighted by Gasteiger charge is -2.34. The smallest absolute Gasteiger partial charge is 0.194 e. The Bertz CT molecular complexity index is 691. The van der Waals surface area contributed by atoms with Gasteiger partial charge in [-0.25, -0.2) is 4.99 Å². The van der Waals surface area contributed by atoms with Crippen LogP contribution in [0.25, 0.3) is 0 Å². The summed E-state index contributed by atoms with van der Waals surface area (Å²) in [6.45, 7) is 7.37. The number of ether oxygens (including phenoxy) is 1. The van der Waals surface area contributed by atoms with Crippen LogP contribution in [0.4, 0.5) is 0 Å². The lowest BCUT2D eigenvalue weighted by molar-refractivity contribution is 0.129. The monoisotopic (exact) mass is 356 g/mol. The van der Waals surface area contributed by atoms with Gasteiger partial charge in [-0.15, -0.1) is 0 Å². The first-order chi connectivity index (χ1) is 12.8. The Kier molecular flexibility index (Phi) is 6.52. The maximum Gasteiger partial charge on any atom is 0.194 e. The molecule has 1 aromatic heterocycles. The number of para-hydroxylation sites is 1. The Labute approximate surface area is 155 Å². The number of aliphatic imine (C=N–C) groups is 1. The van der Waals surface area contributed by atoms with E-state index in [1.807, 2.05) is 36.4 Å². The number of likely N-dealkylation sites (tertiary alicyclic amines) is 1. The predicted octanol–water partition coefficient (Wildman–Crippen LogP) is 3.25. The molecule has 0 atom stereocenters. The van der Waals surface area contributed by atoms with E-state index in [9.17, 15) is 0 Å². The molecule has 2 heterocycles. The van der Waals surface area contributed by atoms with Crippen LogP contribution < -0.4 is 10.1 Å². The van der Waals surface area contributed by atoms with E-state index in [-0.39, 0.29) is 6.10 Å². The van der Waals surface area contributed by atoms with Crippen LogP contribution in [0.3, 0.4) is 0 Å². The van der Waals surface area contributed by atoms with Gasteiger partial charge in [0.2, 0.25) is 0 Å². The second-order valence-electron chi connectivity index (χ2n) is 6.43. The summed E-state index contributed by atoms with van der Waals surface area (Å²) in [5.41, 5.74) is 0.971. The molecule has 0 radical (unpaired) electrons. The zero-order valence-electron chi connectivity index (χ0n) is 15.6. The minimum Gasteiger partial charge on any atom is -0.490 e. The molecule has 6 nitrogen and oxygen atoms in total. The lowest BCUT2D eigenvalue weighted by Crippen LogP contribution is -2.47. The molecule has 0 amide bonds. The fourth-order valence-electron chi connectivity index (χ4n) is 3.05. The van der Waals surface area contributed by atoms with Crippen molar-refractivity contribution in [2.24, 2.45) is 4.99 Å². The Morgan fingerprint density at radius 1 is 1.27 bits per heavy atom. The summed E-state index contributed by atoms with van der Waals surface area (Å²) >= 11 is 0. The van der Waals surface area contributed by atoms with E-state index in [1.165, 1.54) is 0 Å². The topological polar surface area (TPSA) is 62.9 Å². The molecular formula is C20H28N4O2. The molecule has 26 heavy (non-hydrogen) atoms. The molecule has 1 saturated heterocycles. The lowest BCUT2D eigenvalue weighted by atomic mass is 10.1. The number of aromatic nitrogens is 1. The average Bonchev–Trinajstić information content (AvgIpc) is 3.15. The number of guanidine groups is 1. The van der Waals surface area contributed by atoms with Gasteiger partial charge in [-0.05, 0) is 25.5 Å². The van der Waals surface area contributed by atoms with E-state index in [2.05, 4.69) is 29.2 Å². The number of hydrogen-bond donors (Lipinski definition) is 1. The first-order valence-electron chi connectivity index (χ1n) is 9.48. The number of nitrogens with one attached hydrogen (secondary N) is 1. The van der Waals surface area contributed by atoms with Crippen LogP contribution in [0.15, 0.2) is 45.9 Å². The van der Waals surface area contributed by atoms with Crippen LogP contribution >= 0.6 is 0 Å². The summed E-state index contributed by atoms with van der Waals surface area (Å²) in [5.74, 6) is 2.68. The van der Waals surface area contributed by atoms with Gasteiger partial charge < -0.3 is 19.5 Å². The van der Waals surface area contributed by atoms with Gasteiger partial charge in [-0.1, -0.05) is 30.3 Å². The van der Waals surface area contributed by atoms with Crippen molar-refractivity contribution in [1.82, 2.24) is 15.4 Å². The normalized spacial score (nSPS) is 15.9. The fourth-order valence-corrected chi connectivity index (χ4v) is 3.05. The van der Waals surface area contributed by atoms with Crippen molar-refractivity contribution >= 4 is 5.96 Å². The maximum atomic E-state index is 6.08. The SMILES string of the molecule is CCNC(=NCc1cc(CC)no1)N1CCC(Oc2ccccc2)CC1. The van der Waals surface area contributed by atoms with E-state index in [1.54, 1.807) is 0 Å². The predicted molar refractivity (Wildman–Crippen MR) is 102 cm³/mol. The van der Waals surface area contributed by atoms with Crippen LogP contribution in [-0.2, 0) is 13.0 Å². The van der Waals surface area contributed by atoms with E-state index in [0.717, 1.165) is 62.1 Å². The highest BCUT2D eigenvalue weighted by atomic mass is 16.5. The van der Waals surface area contributed by atoms with Crippen LogP contribution in [0, 0.1) is 0 Å². The van der Waals surface area contributed by atoms with Crippen LogP contribution in [0.1, 0.15) is 38.1 Å². The molecule has 2 aromatic rings. The third kappa shape index (κ3) is 5.00. The van der Waals surface area contributed by atoms with Gasteiger partial charge in [-0.3, -0.25) is 0 Å². The van der Waals surface area contributed by atoms with Crippen LogP contribution in [0.5, 0.6) is 5.75 Å². The maximum absolute atomic E-state index is 6.08. The van der Waals surface area contributed by atoms with Gasteiger partial charge in [0.15, 0.2) is 11.7 Å². The van der Waals surface area contributed by atoms with Crippen LogP contribution in [-0.4, -0.2) is 41.8 Å². The number of rotatable bonds is 6. The van der Waals surface area contributed by atoms with E-state index >= 15 is 0 Å². The molecular weight excluding hydrogens is 328 g/mol. The van der Waals surface area contributed by atoms with Crippen molar-refractivity contribution in [2.45, 2.75) is 45.8 Å². The number of aryl methyl sites for hydroxylation is 1. The zero-order valence-corrected chi connectivity index (χ0v) is 15.6. The minimum atomic E-state index is 0.262. The minimum absolute atomic E-state index is 0.262. The van der Waals surface area contributed by atoms with Crippen molar-refractivity contribution in [2.75, 3.05) is 19.6 Å². The van der Waals surface area contributed by atoms with E-state index < -0.39 is 0 Å². The number of nitrogens with zero attached hydrogens (tertiary/aromatic N) is 3. The Morgan fingerprint density at radius 3 is 2.69 bits per heavy atom. The second kappa shape index (κ2) is 9.27. The van der Waals surface area contributed by atoms with Gasteiger partial charge in [-0.2, -0.15) is 0 Å². The highest BCUT2D eigenvalue weighted by Crippen LogP contribution is 2.19. The van der Waals surface area contributed by atoms with E-state index in [0.29, 0.717) is 6.54 Å². The summed E-state index contributed by atoms with van der Waals surface area (Å²) in [4.78, 5) is 7.02. The number of piperidine rings is 1. The molecule has 0 aliphatic carbocycles. The Hall–Kier alpha value is -2.50. The number of hydrogen-bond acceptors (Lipinski definition) is 4. The van der Waals surface area contributed by atoms with Crippen LogP contribution in [0.2, 0.25) is 0 Å². The zero-order chi connectivity index (χ0) is 18.2. The summed E-state index contributed by atoms with van der Waals surface area (Å²) in [5, 5.41) is 7.41. The quantitative estimate of drug-likeness (QED) is 0.636. The molecule has 0 spiro atoms. The van der Waals surface area contributed by atoms with Crippen molar-refractivity contribution in [3.63, 3.8) is 0 Å². The molecule has 1 N–H and O–H groups in total. The largest absolute Gasteiger partial charge is 0.490 e. The third-order valence-corrected chi connectivity index (χ3v) is 4.48. The number of benzene rings is 1. The molecule has 0 bridgehead atoms. The van der Waals surface area contributed by atoms with Gasteiger partial charge >= 0.3 is 0 Å². The third-order valence-electron chi connectivity index (χ3n) is 4.48. The molecule has 0 unspecified atom stereocenters. The highest BCUT2D eigenvalue weighted by Gasteiger charge is 2.22. The van der Waals surface area contributed by atoms with Crippen molar-refractivity contribution in [3.05, 3.63) is 47.9 Å². The van der Waals surface area contributed by atoms with Gasteiger partial charge in [0.1, 0.15) is 18.4 Å².